The van der Waals surface area contributed by atoms with Crippen LogP contribution in [0, 0.1) is 11.3 Å². The highest BCUT2D eigenvalue weighted by atomic mass is 35.7. The third kappa shape index (κ3) is 3.31. The summed E-state index contributed by atoms with van der Waals surface area (Å²) in [6.07, 6.45) is 0.366. The van der Waals surface area contributed by atoms with Crippen LogP contribution in [-0.4, -0.2) is 15.0 Å². The molecule has 1 aromatic rings. The van der Waals surface area contributed by atoms with Crippen molar-refractivity contribution in [3.05, 3.63) is 23.3 Å². The topological polar surface area (TPSA) is 67.2 Å². The van der Waals surface area contributed by atoms with Crippen LogP contribution in [0.2, 0.25) is 0 Å². The second kappa shape index (κ2) is 5.50. The molecule has 0 spiro atoms. The molecule has 98 valence electrons. The van der Waals surface area contributed by atoms with Crippen molar-refractivity contribution in [2.45, 2.75) is 24.9 Å². The maximum atomic E-state index is 12.2. The third-order valence-corrected chi connectivity index (χ3v) is 3.49. The molecule has 1 rings (SSSR count). The number of alkyl halides is 2. The van der Waals surface area contributed by atoms with Crippen LogP contribution >= 0.6 is 10.7 Å². The summed E-state index contributed by atoms with van der Waals surface area (Å²) >= 11 is 0. The molecule has 0 aliphatic carbocycles. The lowest BCUT2D eigenvalue weighted by atomic mass is 10.1. The van der Waals surface area contributed by atoms with Crippen molar-refractivity contribution >= 4 is 19.7 Å². The zero-order chi connectivity index (χ0) is 13.9. The van der Waals surface area contributed by atoms with Crippen LogP contribution in [-0.2, 0) is 15.5 Å². The van der Waals surface area contributed by atoms with Crippen LogP contribution < -0.4 is 4.74 Å². The summed E-state index contributed by atoms with van der Waals surface area (Å²) in [6.45, 7) is -1.49. The fourth-order valence-electron chi connectivity index (χ4n) is 1.38. The summed E-state index contributed by atoms with van der Waals surface area (Å²) in [5.74, 6) is -0.559. The summed E-state index contributed by atoms with van der Waals surface area (Å²) in [7, 11) is 0.836. The van der Waals surface area contributed by atoms with E-state index in [2.05, 4.69) is 4.74 Å². The molecule has 8 heteroatoms. The molecule has 0 atom stereocenters. The summed E-state index contributed by atoms with van der Waals surface area (Å²) in [6, 6.07) is 3.79. The zero-order valence-electron chi connectivity index (χ0n) is 9.15. The van der Waals surface area contributed by atoms with Crippen LogP contribution in [0.3, 0.4) is 0 Å². The van der Waals surface area contributed by atoms with Crippen molar-refractivity contribution < 1.29 is 21.9 Å². The first-order valence-electron chi connectivity index (χ1n) is 4.76. The SMILES string of the molecule is CCc1cc(OC(F)F)c(S(=O)(=O)Cl)cc1C#N. The van der Waals surface area contributed by atoms with Crippen molar-refractivity contribution in [2.75, 3.05) is 0 Å². The number of nitriles is 1. The van der Waals surface area contributed by atoms with Crippen LogP contribution in [0.25, 0.3) is 0 Å². The molecule has 0 aromatic heterocycles. The minimum Gasteiger partial charge on any atom is -0.433 e. The van der Waals surface area contributed by atoms with E-state index in [1.807, 2.05) is 0 Å². The van der Waals surface area contributed by atoms with Gasteiger partial charge in [0.2, 0.25) is 0 Å². The first-order valence-corrected chi connectivity index (χ1v) is 7.07. The number of halogens is 3. The number of nitrogens with zero attached hydrogens (tertiary/aromatic N) is 1. The van der Waals surface area contributed by atoms with Crippen molar-refractivity contribution in [1.82, 2.24) is 0 Å². The van der Waals surface area contributed by atoms with E-state index in [1.165, 1.54) is 0 Å². The van der Waals surface area contributed by atoms with Gasteiger partial charge in [0.1, 0.15) is 10.6 Å². The Hall–Kier alpha value is -1.39. The fourth-order valence-corrected chi connectivity index (χ4v) is 2.34. The van der Waals surface area contributed by atoms with Crippen molar-refractivity contribution in [3.8, 4) is 11.8 Å². The monoisotopic (exact) mass is 295 g/mol. The second-order valence-electron chi connectivity index (χ2n) is 3.24. The summed E-state index contributed by atoms with van der Waals surface area (Å²) in [5, 5.41) is 8.84. The van der Waals surface area contributed by atoms with Crippen LogP contribution in [0.15, 0.2) is 17.0 Å². The highest BCUT2D eigenvalue weighted by molar-refractivity contribution is 8.13. The number of ether oxygens (including phenoxy) is 1. The van der Waals surface area contributed by atoms with Crippen LogP contribution in [0.1, 0.15) is 18.1 Å². The Labute approximate surface area is 107 Å². The molecule has 0 fully saturated rings. The van der Waals surface area contributed by atoms with Gasteiger partial charge < -0.3 is 4.74 Å². The first-order chi connectivity index (χ1) is 8.29. The van der Waals surface area contributed by atoms with Gasteiger partial charge in [-0.25, -0.2) is 8.42 Å². The van der Waals surface area contributed by atoms with Crippen molar-refractivity contribution in [1.29, 1.82) is 5.26 Å². The van der Waals surface area contributed by atoms with Crippen molar-refractivity contribution in [2.24, 2.45) is 0 Å². The Morgan fingerprint density at radius 2 is 2.11 bits per heavy atom. The molecular weight excluding hydrogens is 288 g/mol. The molecule has 1 aromatic carbocycles. The maximum Gasteiger partial charge on any atom is 0.387 e. The quantitative estimate of drug-likeness (QED) is 0.801. The van der Waals surface area contributed by atoms with Gasteiger partial charge in [0.25, 0.3) is 9.05 Å². The molecule has 0 bridgehead atoms. The van der Waals surface area contributed by atoms with Crippen molar-refractivity contribution in [3.63, 3.8) is 0 Å². The van der Waals surface area contributed by atoms with Gasteiger partial charge in [-0.15, -0.1) is 0 Å². The summed E-state index contributed by atoms with van der Waals surface area (Å²) in [4.78, 5) is -0.641. The van der Waals surface area contributed by atoms with Gasteiger partial charge in [-0.3, -0.25) is 0 Å². The number of aryl methyl sites for hydroxylation is 1. The lowest BCUT2D eigenvalue weighted by Crippen LogP contribution is -2.07. The Morgan fingerprint density at radius 3 is 2.50 bits per heavy atom. The molecule has 0 N–H and O–H groups in total. The minimum absolute atomic E-state index is 0.0540. The molecular formula is C10H8ClF2NO3S. The number of benzene rings is 1. The predicted molar refractivity (Wildman–Crippen MR) is 60.2 cm³/mol. The standard InChI is InChI=1S/C10H8ClF2NO3S/c1-2-6-3-8(17-10(12)13)9(18(11,15)16)4-7(6)5-14/h3-4,10H,2H2,1H3. The molecule has 0 aliphatic heterocycles. The fraction of sp³-hybridized carbons (Fsp3) is 0.300. The Balaban J connectivity index is 3.52. The second-order valence-corrected chi connectivity index (χ2v) is 5.77. The van der Waals surface area contributed by atoms with E-state index in [-0.39, 0.29) is 5.56 Å². The van der Waals surface area contributed by atoms with E-state index in [9.17, 15) is 17.2 Å². The van der Waals surface area contributed by atoms with E-state index in [4.69, 9.17) is 15.9 Å². The molecule has 0 unspecified atom stereocenters. The minimum atomic E-state index is -4.27. The molecule has 4 nitrogen and oxygen atoms in total. The van der Waals surface area contributed by atoms with E-state index in [1.54, 1.807) is 13.0 Å². The zero-order valence-corrected chi connectivity index (χ0v) is 10.7. The van der Waals surface area contributed by atoms with Gasteiger partial charge in [0.05, 0.1) is 11.6 Å². The molecule has 0 heterocycles. The van der Waals surface area contributed by atoms with E-state index < -0.39 is 26.3 Å². The lowest BCUT2D eigenvalue weighted by molar-refractivity contribution is -0.0517. The molecule has 18 heavy (non-hydrogen) atoms. The smallest absolute Gasteiger partial charge is 0.387 e. The van der Waals surface area contributed by atoms with E-state index in [0.717, 1.165) is 12.1 Å². The largest absolute Gasteiger partial charge is 0.433 e. The van der Waals surface area contributed by atoms with Crippen LogP contribution in [0.4, 0.5) is 8.78 Å². The molecule has 0 amide bonds. The maximum absolute atomic E-state index is 12.2. The van der Waals surface area contributed by atoms with Gasteiger partial charge in [-0.1, -0.05) is 6.92 Å². The molecule has 0 aliphatic rings. The molecule has 0 saturated heterocycles. The Morgan fingerprint density at radius 1 is 1.50 bits per heavy atom. The highest BCUT2D eigenvalue weighted by Gasteiger charge is 2.22. The molecule has 0 radical (unpaired) electrons. The van der Waals surface area contributed by atoms with Crippen LogP contribution in [0.5, 0.6) is 5.75 Å². The average Bonchev–Trinajstić information content (AvgIpc) is 2.26. The van der Waals surface area contributed by atoms with Gasteiger partial charge >= 0.3 is 6.61 Å². The first kappa shape index (κ1) is 14.7. The molecule has 0 saturated carbocycles. The lowest BCUT2D eigenvalue weighted by Gasteiger charge is -2.11. The Bertz CT molecular complexity index is 596. The number of rotatable bonds is 4. The summed E-state index contributed by atoms with van der Waals surface area (Å²) in [5.41, 5.74) is 0.454. The highest BCUT2D eigenvalue weighted by Crippen LogP contribution is 2.31. The number of hydrogen-bond acceptors (Lipinski definition) is 4. The van der Waals surface area contributed by atoms with Gasteiger partial charge in [-0.05, 0) is 24.1 Å². The Kier molecular flexibility index (Phi) is 4.48. The van der Waals surface area contributed by atoms with Gasteiger partial charge in [0.15, 0.2) is 0 Å². The normalized spacial score (nSPS) is 11.3. The van der Waals surface area contributed by atoms with Gasteiger partial charge in [0, 0.05) is 10.7 Å². The average molecular weight is 296 g/mol. The summed E-state index contributed by atoms with van der Waals surface area (Å²) < 4.78 is 50.9. The van der Waals surface area contributed by atoms with E-state index >= 15 is 0 Å². The predicted octanol–water partition coefficient (Wildman–Crippen LogP) is 2.65. The number of hydrogen-bond donors (Lipinski definition) is 0. The third-order valence-electron chi connectivity index (χ3n) is 2.15. The van der Waals surface area contributed by atoms with E-state index in [0.29, 0.717) is 12.0 Å². The van der Waals surface area contributed by atoms with Gasteiger partial charge in [-0.2, -0.15) is 14.0 Å².